The van der Waals surface area contributed by atoms with Gasteiger partial charge in [0.25, 0.3) is 0 Å². The molecule has 0 spiro atoms. The van der Waals surface area contributed by atoms with E-state index < -0.39 is 0 Å². The minimum Gasteiger partial charge on any atom is -0.363 e. The molecule has 0 saturated carbocycles. The van der Waals surface area contributed by atoms with E-state index in [2.05, 4.69) is 15.9 Å². The Morgan fingerprint density at radius 2 is 2.15 bits per heavy atom. The topological polar surface area (TPSA) is 3.24 Å². The minimum absolute atomic E-state index is 0.229. The van der Waals surface area contributed by atoms with Crippen molar-refractivity contribution in [2.45, 2.75) is 6.92 Å². The Hall–Kier alpha value is -0.280. The van der Waals surface area contributed by atoms with Crippen LogP contribution in [-0.2, 0) is 0 Å². The summed E-state index contributed by atoms with van der Waals surface area (Å²) < 4.78 is 13.2. The van der Waals surface area contributed by atoms with Crippen molar-refractivity contribution < 1.29 is 4.39 Å². The number of nitrogens with zero attached hydrogens (tertiary/aromatic N) is 1. The molecule has 0 aliphatic rings. The van der Waals surface area contributed by atoms with Crippen molar-refractivity contribution in [2.75, 3.05) is 17.4 Å². The standard InChI is InChI=1S/C9H10BrClFN/c1-6-3-7(11)9(4-8(6)12)13(2)5-10/h3-4H,5H2,1-2H3. The summed E-state index contributed by atoms with van der Waals surface area (Å²) in [5, 5.41) is 0.570. The lowest BCUT2D eigenvalue weighted by molar-refractivity contribution is 0.618. The molecule has 0 unspecified atom stereocenters. The first-order valence-electron chi connectivity index (χ1n) is 3.79. The van der Waals surface area contributed by atoms with E-state index in [1.165, 1.54) is 6.07 Å². The summed E-state index contributed by atoms with van der Waals surface area (Å²) in [7, 11) is 1.84. The zero-order valence-corrected chi connectivity index (χ0v) is 9.78. The van der Waals surface area contributed by atoms with Crippen molar-refractivity contribution in [3.05, 3.63) is 28.5 Å². The molecule has 0 aliphatic carbocycles. The van der Waals surface area contributed by atoms with Crippen molar-refractivity contribution in [2.24, 2.45) is 0 Å². The number of benzene rings is 1. The van der Waals surface area contributed by atoms with Crippen LogP contribution in [0.4, 0.5) is 10.1 Å². The van der Waals surface area contributed by atoms with Crippen molar-refractivity contribution in [1.29, 1.82) is 0 Å². The van der Waals surface area contributed by atoms with Crippen LogP contribution in [0, 0.1) is 12.7 Å². The molecule has 0 radical (unpaired) electrons. The van der Waals surface area contributed by atoms with E-state index in [0.29, 0.717) is 21.7 Å². The normalized spacial score (nSPS) is 10.2. The average Bonchev–Trinajstić information content (AvgIpc) is 2.10. The molecule has 1 aromatic carbocycles. The molecule has 1 rings (SSSR count). The number of hydrogen-bond acceptors (Lipinski definition) is 1. The van der Waals surface area contributed by atoms with E-state index in [0.717, 1.165) is 0 Å². The third kappa shape index (κ3) is 2.35. The Balaban J connectivity index is 3.15. The van der Waals surface area contributed by atoms with E-state index in [9.17, 15) is 4.39 Å². The van der Waals surface area contributed by atoms with E-state index in [-0.39, 0.29) is 5.82 Å². The number of hydrogen-bond donors (Lipinski definition) is 0. The van der Waals surface area contributed by atoms with Crippen LogP contribution in [-0.4, -0.2) is 12.5 Å². The van der Waals surface area contributed by atoms with Crippen molar-refractivity contribution in [3.63, 3.8) is 0 Å². The van der Waals surface area contributed by atoms with E-state index in [4.69, 9.17) is 11.6 Å². The SMILES string of the molecule is Cc1cc(Cl)c(N(C)CBr)cc1F. The summed E-state index contributed by atoms with van der Waals surface area (Å²) in [6.45, 7) is 1.69. The molecule has 0 amide bonds. The van der Waals surface area contributed by atoms with Gasteiger partial charge in [-0.05, 0) is 24.6 Å². The summed E-state index contributed by atoms with van der Waals surface area (Å²) in [5.41, 5.74) is 1.88. The van der Waals surface area contributed by atoms with Crippen LogP contribution in [0.25, 0.3) is 0 Å². The van der Waals surface area contributed by atoms with Gasteiger partial charge >= 0.3 is 0 Å². The molecule has 0 aliphatic heterocycles. The van der Waals surface area contributed by atoms with Gasteiger partial charge in [0.2, 0.25) is 0 Å². The van der Waals surface area contributed by atoms with Gasteiger partial charge in [0.1, 0.15) is 5.82 Å². The zero-order valence-electron chi connectivity index (χ0n) is 7.44. The first-order valence-corrected chi connectivity index (χ1v) is 5.29. The summed E-state index contributed by atoms with van der Waals surface area (Å²) in [6, 6.07) is 3.07. The molecular weight excluding hydrogens is 256 g/mol. The second-order valence-corrected chi connectivity index (χ2v) is 3.78. The maximum absolute atomic E-state index is 13.2. The fraction of sp³-hybridized carbons (Fsp3) is 0.333. The van der Waals surface area contributed by atoms with E-state index >= 15 is 0 Å². The van der Waals surface area contributed by atoms with Crippen LogP contribution in [0.1, 0.15) is 5.56 Å². The average molecular weight is 267 g/mol. The predicted molar refractivity (Wildman–Crippen MR) is 58.3 cm³/mol. The van der Waals surface area contributed by atoms with Gasteiger partial charge in [-0.1, -0.05) is 27.5 Å². The minimum atomic E-state index is -0.229. The summed E-state index contributed by atoms with van der Waals surface area (Å²) in [4.78, 5) is 1.82. The summed E-state index contributed by atoms with van der Waals surface area (Å²) >= 11 is 9.22. The van der Waals surface area contributed by atoms with Gasteiger partial charge in [-0.2, -0.15) is 0 Å². The molecule has 0 fully saturated rings. The Morgan fingerprint density at radius 1 is 1.54 bits per heavy atom. The summed E-state index contributed by atoms with van der Waals surface area (Å²) in [5.74, 6) is -0.229. The second-order valence-electron chi connectivity index (χ2n) is 2.87. The molecule has 0 N–H and O–H groups in total. The molecule has 0 atom stereocenters. The number of aryl methyl sites for hydroxylation is 1. The van der Waals surface area contributed by atoms with E-state index in [1.54, 1.807) is 13.0 Å². The third-order valence-electron chi connectivity index (χ3n) is 1.82. The van der Waals surface area contributed by atoms with Gasteiger partial charge in [-0.15, -0.1) is 0 Å². The quantitative estimate of drug-likeness (QED) is 0.584. The highest BCUT2D eigenvalue weighted by Crippen LogP contribution is 2.28. The Kier molecular flexibility index (Phi) is 3.56. The highest BCUT2D eigenvalue weighted by molar-refractivity contribution is 9.09. The van der Waals surface area contributed by atoms with Crippen LogP contribution in [0.2, 0.25) is 5.02 Å². The van der Waals surface area contributed by atoms with Crippen LogP contribution < -0.4 is 4.90 Å². The molecule has 0 bridgehead atoms. The van der Waals surface area contributed by atoms with Crippen molar-refractivity contribution >= 4 is 33.2 Å². The highest BCUT2D eigenvalue weighted by Gasteiger charge is 2.08. The molecule has 1 aromatic rings. The van der Waals surface area contributed by atoms with Crippen LogP contribution in [0.3, 0.4) is 0 Å². The number of halogens is 3. The molecular formula is C9H10BrClFN. The van der Waals surface area contributed by atoms with Crippen molar-refractivity contribution in [1.82, 2.24) is 0 Å². The Labute approximate surface area is 90.6 Å². The second kappa shape index (κ2) is 4.29. The predicted octanol–water partition coefficient (Wildman–Crippen LogP) is 3.58. The fourth-order valence-corrected chi connectivity index (χ4v) is 1.63. The zero-order chi connectivity index (χ0) is 10.0. The number of rotatable bonds is 2. The largest absolute Gasteiger partial charge is 0.363 e. The highest BCUT2D eigenvalue weighted by atomic mass is 79.9. The van der Waals surface area contributed by atoms with Crippen LogP contribution in [0.5, 0.6) is 0 Å². The number of alkyl halides is 1. The smallest absolute Gasteiger partial charge is 0.128 e. The lowest BCUT2D eigenvalue weighted by Crippen LogP contribution is -2.14. The molecule has 1 nitrogen and oxygen atoms in total. The van der Waals surface area contributed by atoms with Gasteiger partial charge in [-0.25, -0.2) is 4.39 Å². The monoisotopic (exact) mass is 265 g/mol. The fourth-order valence-electron chi connectivity index (χ4n) is 0.993. The Morgan fingerprint density at radius 3 is 2.69 bits per heavy atom. The lowest BCUT2D eigenvalue weighted by atomic mass is 10.2. The van der Waals surface area contributed by atoms with Crippen LogP contribution >= 0.6 is 27.5 Å². The first kappa shape index (κ1) is 10.8. The molecule has 0 aromatic heterocycles. The van der Waals surface area contributed by atoms with Gasteiger partial charge in [0.15, 0.2) is 0 Å². The molecule has 4 heteroatoms. The van der Waals surface area contributed by atoms with Crippen LogP contribution in [0.15, 0.2) is 12.1 Å². The number of anilines is 1. The first-order chi connectivity index (χ1) is 6.06. The molecule has 0 saturated heterocycles. The maximum atomic E-state index is 13.2. The molecule has 0 heterocycles. The molecule has 72 valence electrons. The van der Waals surface area contributed by atoms with Gasteiger partial charge < -0.3 is 4.90 Å². The summed E-state index contributed by atoms with van der Waals surface area (Å²) in [6.07, 6.45) is 0. The molecule has 13 heavy (non-hydrogen) atoms. The Bertz CT molecular complexity index is 317. The van der Waals surface area contributed by atoms with Gasteiger partial charge in [0.05, 0.1) is 16.2 Å². The maximum Gasteiger partial charge on any atom is 0.128 e. The third-order valence-corrected chi connectivity index (χ3v) is 2.87. The van der Waals surface area contributed by atoms with Crippen molar-refractivity contribution in [3.8, 4) is 0 Å². The van der Waals surface area contributed by atoms with Gasteiger partial charge in [0, 0.05) is 7.05 Å². The lowest BCUT2D eigenvalue weighted by Gasteiger charge is -2.17. The van der Waals surface area contributed by atoms with Gasteiger partial charge in [-0.3, -0.25) is 0 Å². The van der Waals surface area contributed by atoms with E-state index in [1.807, 2.05) is 11.9 Å².